The lowest BCUT2D eigenvalue weighted by molar-refractivity contribution is 1.07. The van der Waals surface area contributed by atoms with E-state index in [0.29, 0.717) is 34.9 Å². The molecule has 0 spiro atoms. The van der Waals surface area contributed by atoms with Crippen molar-refractivity contribution in [2.24, 2.45) is 0 Å². The van der Waals surface area contributed by atoms with Crippen LogP contribution in [0.1, 0.15) is 0 Å². The molecule has 0 aliphatic rings. The SMILES string of the molecule is c1ccc(-c2cc(-c3ccccc3)nc(-c3ccc(-c4ccc5ccccc5c4-c4ccc(-c5nc(-c6ccccc6)nc(-c6ccccc6-c6cccc7c(-c8ccc(-c9nc(-c%10ccccc%10)nc(-c%10ccccc%10)n9)cc8)c(-c8ccc(-c9cc(-c%10ccccc%10)nc(-c%10ccccc%10)c9)cc8)ccc67)n5)cc4)cc3)c2)cc1. The fraction of sp³-hybridized carbons (Fsp3) is 0. The summed E-state index contributed by atoms with van der Waals surface area (Å²) < 4.78 is 0. The van der Waals surface area contributed by atoms with Crippen molar-refractivity contribution in [2.75, 3.05) is 0 Å². The molecule has 116 heavy (non-hydrogen) atoms. The predicted octanol–water partition coefficient (Wildman–Crippen LogP) is 27.5. The zero-order valence-corrected chi connectivity index (χ0v) is 63.0. The molecule has 0 radical (unpaired) electrons. The van der Waals surface area contributed by atoms with Gasteiger partial charge in [-0.15, -0.1) is 0 Å². The van der Waals surface area contributed by atoms with Crippen molar-refractivity contribution in [3.8, 4) is 191 Å². The number of hydrogen-bond acceptors (Lipinski definition) is 8. The minimum atomic E-state index is 0.557. The van der Waals surface area contributed by atoms with Crippen molar-refractivity contribution in [1.29, 1.82) is 0 Å². The molecule has 8 heteroatoms. The molecule has 0 bridgehead atoms. The first-order valence-corrected chi connectivity index (χ1v) is 39.0. The molecule has 0 amide bonds. The van der Waals surface area contributed by atoms with Crippen molar-refractivity contribution in [1.82, 2.24) is 39.9 Å². The highest BCUT2D eigenvalue weighted by molar-refractivity contribution is 6.11. The van der Waals surface area contributed by atoms with Crippen LogP contribution in [0.5, 0.6) is 0 Å². The summed E-state index contributed by atoms with van der Waals surface area (Å²) in [6, 6.07) is 149. The number of aromatic nitrogens is 8. The molecular formula is C108H70N8. The quantitative estimate of drug-likeness (QED) is 0.0888. The van der Waals surface area contributed by atoms with E-state index in [4.69, 9.17) is 39.9 Å². The number of benzene rings is 16. The number of hydrogen-bond donors (Lipinski definition) is 0. The van der Waals surface area contributed by atoms with Gasteiger partial charge in [0.05, 0.1) is 22.8 Å². The first-order valence-electron chi connectivity index (χ1n) is 39.0. The maximum absolute atomic E-state index is 5.48. The molecule has 4 aromatic heterocycles. The molecule has 0 unspecified atom stereocenters. The zero-order chi connectivity index (χ0) is 77.1. The average molecular weight is 1480 g/mol. The van der Waals surface area contributed by atoms with E-state index in [1.54, 1.807) is 0 Å². The second kappa shape index (κ2) is 30.9. The third kappa shape index (κ3) is 14.0. The van der Waals surface area contributed by atoms with Crippen LogP contribution in [0.3, 0.4) is 0 Å². The van der Waals surface area contributed by atoms with Crippen LogP contribution in [0.15, 0.2) is 425 Å². The Kier molecular flexibility index (Phi) is 18.5. The van der Waals surface area contributed by atoms with Gasteiger partial charge in [0.1, 0.15) is 0 Å². The Balaban J connectivity index is 0.686. The maximum atomic E-state index is 5.48. The molecule has 542 valence electrons. The van der Waals surface area contributed by atoms with Gasteiger partial charge in [0.2, 0.25) is 0 Å². The second-order valence-corrected chi connectivity index (χ2v) is 28.9. The Morgan fingerprint density at radius 1 is 0.121 bits per heavy atom. The molecule has 20 rings (SSSR count). The largest absolute Gasteiger partial charge is 0.248 e. The van der Waals surface area contributed by atoms with E-state index in [0.717, 1.165) is 178 Å². The van der Waals surface area contributed by atoms with Crippen molar-refractivity contribution >= 4 is 21.5 Å². The number of rotatable bonds is 17. The molecule has 0 saturated carbocycles. The number of pyridine rings is 2. The second-order valence-electron chi connectivity index (χ2n) is 28.9. The van der Waals surface area contributed by atoms with Gasteiger partial charge in [-0.2, -0.15) is 0 Å². The molecule has 0 aliphatic heterocycles. The molecule has 16 aromatic carbocycles. The van der Waals surface area contributed by atoms with Crippen molar-refractivity contribution < 1.29 is 0 Å². The monoisotopic (exact) mass is 1480 g/mol. The topological polar surface area (TPSA) is 103 Å². The van der Waals surface area contributed by atoms with E-state index in [9.17, 15) is 0 Å². The molecule has 0 aliphatic carbocycles. The fourth-order valence-electron chi connectivity index (χ4n) is 15.8. The van der Waals surface area contributed by atoms with Crippen molar-refractivity contribution in [3.05, 3.63) is 425 Å². The van der Waals surface area contributed by atoms with Crippen molar-refractivity contribution in [3.63, 3.8) is 0 Å². The molecule has 0 fully saturated rings. The van der Waals surface area contributed by atoms with Gasteiger partial charge in [-0.1, -0.05) is 400 Å². The summed E-state index contributed by atoms with van der Waals surface area (Å²) in [5.41, 5.74) is 28.3. The van der Waals surface area contributed by atoms with Crippen LogP contribution < -0.4 is 0 Å². The Bertz CT molecular complexity index is 6800. The minimum Gasteiger partial charge on any atom is -0.248 e. The Labute approximate surface area is 673 Å². The Morgan fingerprint density at radius 2 is 0.397 bits per heavy atom. The first kappa shape index (κ1) is 69.5. The normalized spacial score (nSPS) is 11.3. The van der Waals surface area contributed by atoms with Crippen LogP contribution in [0, 0.1) is 0 Å². The minimum absolute atomic E-state index is 0.557. The highest BCUT2D eigenvalue weighted by Crippen LogP contribution is 2.46. The van der Waals surface area contributed by atoms with Crippen LogP contribution >= 0.6 is 0 Å². The van der Waals surface area contributed by atoms with E-state index >= 15 is 0 Å². The zero-order valence-electron chi connectivity index (χ0n) is 63.0. The Hall–Kier alpha value is -15.6. The van der Waals surface area contributed by atoms with Crippen LogP contribution in [0.25, 0.3) is 213 Å². The van der Waals surface area contributed by atoms with E-state index < -0.39 is 0 Å². The van der Waals surface area contributed by atoms with Gasteiger partial charge in [0.15, 0.2) is 34.9 Å². The van der Waals surface area contributed by atoms with Gasteiger partial charge in [-0.25, -0.2) is 39.9 Å². The molecular weight excluding hydrogens is 1410 g/mol. The molecule has 0 N–H and O–H groups in total. The lowest BCUT2D eigenvalue weighted by Crippen LogP contribution is -2.01. The lowest BCUT2D eigenvalue weighted by atomic mass is 9.86. The summed E-state index contributed by atoms with van der Waals surface area (Å²) in [7, 11) is 0. The summed E-state index contributed by atoms with van der Waals surface area (Å²) >= 11 is 0. The van der Waals surface area contributed by atoms with Crippen LogP contribution in [-0.2, 0) is 0 Å². The molecule has 8 nitrogen and oxygen atoms in total. The van der Waals surface area contributed by atoms with Crippen LogP contribution in [0.2, 0.25) is 0 Å². The summed E-state index contributed by atoms with van der Waals surface area (Å²) in [6.07, 6.45) is 0. The third-order valence-electron chi connectivity index (χ3n) is 21.7. The van der Waals surface area contributed by atoms with Gasteiger partial charge >= 0.3 is 0 Å². The van der Waals surface area contributed by atoms with Gasteiger partial charge in [-0.05, 0) is 124 Å². The van der Waals surface area contributed by atoms with E-state index in [1.165, 1.54) is 0 Å². The highest BCUT2D eigenvalue weighted by Gasteiger charge is 2.23. The molecule has 0 saturated heterocycles. The third-order valence-corrected chi connectivity index (χ3v) is 21.7. The van der Waals surface area contributed by atoms with Gasteiger partial charge in [-0.3, -0.25) is 0 Å². The summed E-state index contributed by atoms with van der Waals surface area (Å²) in [5, 5.41) is 4.45. The highest BCUT2D eigenvalue weighted by atomic mass is 15.0. The average Bonchev–Trinajstić information content (AvgIpc) is 0.749. The fourth-order valence-corrected chi connectivity index (χ4v) is 15.8. The molecule has 0 atom stereocenters. The molecule has 4 heterocycles. The first-order chi connectivity index (χ1) is 57.5. The van der Waals surface area contributed by atoms with Gasteiger partial charge < -0.3 is 0 Å². The van der Waals surface area contributed by atoms with Crippen LogP contribution in [-0.4, -0.2) is 39.9 Å². The lowest BCUT2D eigenvalue weighted by Gasteiger charge is -2.18. The maximum Gasteiger partial charge on any atom is 0.164 e. The van der Waals surface area contributed by atoms with Crippen LogP contribution in [0.4, 0.5) is 0 Å². The number of nitrogens with zero attached hydrogens (tertiary/aromatic N) is 8. The smallest absolute Gasteiger partial charge is 0.164 e. The summed E-state index contributed by atoms with van der Waals surface area (Å²) in [4.78, 5) is 41.9. The Morgan fingerprint density at radius 3 is 0.828 bits per heavy atom. The van der Waals surface area contributed by atoms with Gasteiger partial charge in [0.25, 0.3) is 0 Å². The van der Waals surface area contributed by atoms with E-state index in [2.05, 4.69) is 328 Å². The predicted molar refractivity (Wildman–Crippen MR) is 476 cm³/mol. The van der Waals surface area contributed by atoms with E-state index in [1.807, 2.05) is 97.1 Å². The van der Waals surface area contributed by atoms with Crippen molar-refractivity contribution in [2.45, 2.75) is 0 Å². The summed E-state index contributed by atoms with van der Waals surface area (Å²) in [5.74, 6) is 3.48. The summed E-state index contributed by atoms with van der Waals surface area (Å²) in [6.45, 7) is 0. The van der Waals surface area contributed by atoms with Gasteiger partial charge in [0, 0.05) is 55.6 Å². The number of fused-ring (bicyclic) bond motifs is 2. The molecule has 20 aromatic rings. The van der Waals surface area contributed by atoms with E-state index in [-0.39, 0.29) is 0 Å². The standard InChI is InChI=1S/C108H70N8/c1-8-27-71(28-9-1)87-67-97(76-30-10-2-11-31-76)110-100(68-87)79-53-51-75(52-54-79)90-64-63-73-29-22-23-42-89(73)101(90)80-55-59-86(60-56-80)107-114-105(84-40-20-7-21-41-84)115-108(116-107)96-44-25-24-43-93(96)92-45-26-46-95-94(92)66-65-91(74-49-47-72(48-50-74)88-69-98(77-32-12-3-13-33-77)109-99(70-88)78-34-14-4-15-35-78)102(95)81-57-61-85(62-58-81)106-112-103(82-36-16-5-17-37-82)111-104(113-106)83-38-18-6-19-39-83/h1-70H.